The van der Waals surface area contributed by atoms with Gasteiger partial charge in [0.2, 0.25) is 5.91 Å². The standard InChI is InChI=1S/C23H22N8O3.C2HF3O2/c1-14-4-2-3-5-16-10-15(6-9-25-16)20-21(28-22(14)34)23(30-13-24-8-7-19(30)33)31(29-20)17-11-18(32)27-12-26-17;3-2(4,5)1(6)7/h6-14H,2-5H2,1H3,(H,28,34)(H,26,27,32);(H,6,7). The van der Waals surface area contributed by atoms with E-state index in [1.807, 2.05) is 13.0 Å². The van der Waals surface area contributed by atoms with Gasteiger partial charge in [-0.15, -0.1) is 0 Å². The number of aliphatic carboxylic acids is 1. The van der Waals surface area contributed by atoms with Crippen LogP contribution in [0.25, 0.3) is 22.9 Å². The fraction of sp³-hybridized carbons (Fsp3) is 0.280. The van der Waals surface area contributed by atoms with Crippen LogP contribution in [0.4, 0.5) is 18.9 Å². The Kier molecular flexibility index (Phi) is 8.40. The second kappa shape index (κ2) is 11.9. The van der Waals surface area contributed by atoms with Gasteiger partial charge in [0, 0.05) is 41.7 Å². The lowest BCUT2D eigenvalue weighted by atomic mass is 10.00. The van der Waals surface area contributed by atoms with Crippen molar-refractivity contribution >= 4 is 17.6 Å². The second-order valence-electron chi connectivity index (χ2n) is 8.99. The summed E-state index contributed by atoms with van der Waals surface area (Å²) in [6.07, 6.45) is 3.89. The van der Waals surface area contributed by atoms with Gasteiger partial charge in [0.1, 0.15) is 17.7 Å². The molecule has 0 aliphatic carbocycles. The minimum Gasteiger partial charge on any atom is -0.475 e. The number of nitrogens with one attached hydrogen (secondary N) is 2. The SMILES string of the molecule is CC1CCCCc2cc(ccn2)-c2nn(-c3cc(=O)[nH]cn3)c(-n3cnccc3=O)c2NC1=O.O=C(O)C(F)(F)F. The van der Waals surface area contributed by atoms with E-state index >= 15 is 0 Å². The maximum atomic E-state index is 13.2. The number of nitrogens with zero attached hydrogens (tertiary/aromatic N) is 6. The van der Waals surface area contributed by atoms with Crippen molar-refractivity contribution in [1.82, 2.24) is 34.3 Å². The highest BCUT2D eigenvalue weighted by Crippen LogP contribution is 2.35. The zero-order valence-corrected chi connectivity index (χ0v) is 21.4. The molecule has 16 heteroatoms. The van der Waals surface area contributed by atoms with Crippen molar-refractivity contribution in [2.45, 2.75) is 38.8 Å². The summed E-state index contributed by atoms with van der Waals surface area (Å²) < 4.78 is 34.4. The van der Waals surface area contributed by atoms with Gasteiger partial charge < -0.3 is 15.4 Å². The first-order valence-electron chi connectivity index (χ1n) is 12.2. The number of carbonyl (C=O) groups excluding carboxylic acids is 1. The molecule has 1 atom stereocenters. The van der Waals surface area contributed by atoms with Crippen molar-refractivity contribution in [2.75, 3.05) is 5.32 Å². The number of aromatic amines is 1. The Bertz CT molecular complexity index is 1700. The molecule has 1 amide bonds. The molecule has 13 nitrogen and oxygen atoms in total. The highest BCUT2D eigenvalue weighted by molar-refractivity contribution is 5.98. The highest BCUT2D eigenvalue weighted by atomic mass is 19.4. The molecule has 5 rings (SSSR count). The second-order valence-corrected chi connectivity index (χ2v) is 8.99. The summed E-state index contributed by atoms with van der Waals surface area (Å²) in [6.45, 7) is 1.87. The smallest absolute Gasteiger partial charge is 0.475 e. The number of aryl methyl sites for hydroxylation is 1. The fourth-order valence-electron chi connectivity index (χ4n) is 3.99. The molecule has 0 saturated heterocycles. The van der Waals surface area contributed by atoms with Gasteiger partial charge in [-0.2, -0.15) is 23.0 Å². The number of alkyl halides is 3. The van der Waals surface area contributed by atoms with Crippen LogP contribution in [0.3, 0.4) is 0 Å². The number of hydrogen-bond donors (Lipinski definition) is 3. The number of H-pyrrole nitrogens is 1. The zero-order chi connectivity index (χ0) is 29.7. The van der Waals surface area contributed by atoms with E-state index < -0.39 is 12.1 Å². The summed E-state index contributed by atoms with van der Waals surface area (Å²) in [4.78, 5) is 62.2. The average molecular weight is 573 g/mol. The number of carboxylic acids is 1. The molecule has 1 unspecified atom stereocenters. The quantitative estimate of drug-likeness (QED) is 0.326. The summed E-state index contributed by atoms with van der Waals surface area (Å²) in [5.41, 5.74) is 1.61. The number of carbonyl (C=O) groups is 2. The number of anilines is 1. The summed E-state index contributed by atoms with van der Waals surface area (Å²) in [7, 11) is 0. The van der Waals surface area contributed by atoms with Crippen molar-refractivity contribution in [1.29, 1.82) is 0 Å². The third-order valence-corrected chi connectivity index (χ3v) is 6.04. The summed E-state index contributed by atoms with van der Waals surface area (Å²) in [5, 5.41) is 14.8. The number of carboxylic acid groups (broad SMARTS) is 1. The summed E-state index contributed by atoms with van der Waals surface area (Å²) in [6, 6.07) is 6.29. The molecule has 4 aromatic heterocycles. The minimum absolute atomic E-state index is 0.183. The van der Waals surface area contributed by atoms with Gasteiger partial charge in [0.25, 0.3) is 11.1 Å². The Hall–Kier alpha value is -5.15. The molecular weight excluding hydrogens is 549 g/mol. The molecule has 0 spiro atoms. The van der Waals surface area contributed by atoms with Gasteiger partial charge in [-0.3, -0.25) is 19.4 Å². The number of hydrogen-bond acceptors (Lipinski definition) is 8. The monoisotopic (exact) mass is 572 g/mol. The first kappa shape index (κ1) is 28.8. The predicted octanol–water partition coefficient (Wildman–Crippen LogP) is 2.50. The van der Waals surface area contributed by atoms with E-state index in [4.69, 9.17) is 15.0 Å². The Morgan fingerprint density at radius 2 is 1.85 bits per heavy atom. The third kappa shape index (κ3) is 6.71. The minimum atomic E-state index is -5.08. The van der Waals surface area contributed by atoms with Crippen LogP contribution >= 0.6 is 0 Å². The van der Waals surface area contributed by atoms with Crippen LogP contribution in [0.5, 0.6) is 0 Å². The van der Waals surface area contributed by atoms with E-state index in [1.54, 1.807) is 12.3 Å². The molecule has 0 fully saturated rings. The maximum absolute atomic E-state index is 13.2. The molecule has 5 heterocycles. The number of amides is 1. The van der Waals surface area contributed by atoms with E-state index in [0.717, 1.165) is 30.5 Å². The largest absolute Gasteiger partial charge is 0.490 e. The van der Waals surface area contributed by atoms with Crippen LogP contribution in [0, 0.1) is 5.92 Å². The van der Waals surface area contributed by atoms with Crippen LogP contribution in [0.15, 0.2) is 58.9 Å². The third-order valence-electron chi connectivity index (χ3n) is 6.04. The molecule has 3 N–H and O–H groups in total. The van der Waals surface area contributed by atoms with E-state index in [2.05, 4.69) is 25.3 Å². The predicted molar refractivity (Wildman–Crippen MR) is 138 cm³/mol. The molecule has 214 valence electrons. The van der Waals surface area contributed by atoms with Gasteiger partial charge in [0.15, 0.2) is 11.6 Å². The van der Waals surface area contributed by atoms with Crippen LogP contribution in [0.2, 0.25) is 0 Å². The van der Waals surface area contributed by atoms with Crippen molar-refractivity contribution in [3.05, 3.63) is 75.7 Å². The number of fused-ring (bicyclic) bond motifs is 4. The Morgan fingerprint density at radius 3 is 2.54 bits per heavy atom. The van der Waals surface area contributed by atoms with Crippen LogP contribution in [-0.2, 0) is 16.0 Å². The highest BCUT2D eigenvalue weighted by Gasteiger charge is 2.38. The van der Waals surface area contributed by atoms with Crippen LogP contribution in [-0.4, -0.2) is 57.4 Å². The lowest BCUT2D eigenvalue weighted by Crippen LogP contribution is -2.25. The molecule has 2 bridgehead atoms. The van der Waals surface area contributed by atoms with Crippen molar-refractivity contribution in [3.8, 4) is 22.9 Å². The number of pyridine rings is 1. The molecule has 41 heavy (non-hydrogen) atoms. The Morgan fingerprint density at radius 1 is 1.10 bits per heavy atom. The van der Waals surface area contributed by atoms with Crippen molar-refractivity contribution < 1.29 is 27.9 Å². The molecule has 0 saturated carbocycles. The van der Waals surface area contributed by atoms with Gasteiger partial charge in [-0.1, -0.05) is 13.3 Å². The average Bonchev–Trinajstić information content (AvgIpc) is 3.29. The number of halogens is 3. The molecule has 1 aliphatic rings. The van der Waals surface area contributed by atoms with E-state index in [1.165, 1.54) is 40.2 Å². The first-order chi connectivity index (χ1) is 19.5. The van der Waals surface area contributed by atoms with E-state index in [-0.39, 0.29) is 34.6 Å². The van der Waals surface area contributed by atoms with Gasteiger partial charge in [-0.25, -0.2) is 19.3 Å². The molecule has 0 radical (unpaired) electrons. The van der Waals surface area contributed by atoms with Gasteiger partial charge >= 0.3 is 12.1 Å². The fourth-order valence-corrected chi connectivity index (χ4v) is 3.99. The number of aromatic nitrogens is 7. The van der Waals surface area contributed by atoms with Crippen molar-refractivity contribution in [2.24, 2.45) is 5.92 Å². The normalized spacial score (nSPS) is 15.3. The molecular formula is C25H23F3N8O5. The van der Waals surface area contributed by atoms with Crippen molar-refractivity contribution in [3.63, 3.8) is 0 Å². The number of rotatable bonds is 2. The summed E-state index contributed by atoms with van der Waals surface area (Å²) >= 11 is 0. The van der Waals surface area contributed by atoms with Gasteiger partial charge in [0.05, 0.1) is 6.33 Å². The molecule has 1 aliphatic heterocycles. The maximum Gasteiger partial charge on any atom is 0.490 e. The molecule has 4 aromatic rings. The zero-order valence-electron chi connectivity index (χ0n) is 21.4. The van der Waals surface area contributed by atoms with E-state index in [9.17, 15) is 27.6 Å². The Balaban J connectivity index is 0.000000493. The molecule has 0 aromatic carbocycles. The lowest BCUT2D eigenvalue weighted by Gasteiger charge is -2.16. The summed E-state index contributed by atoms with van der Waals surface area (Å²) in [5.74, 6) is -2.79. The topological polar surface area (TPSA) is 178 Å². The first-order valence-corrected chi connectivity index (χ1v) is 12.2. The van der Waals surface area contributed by atoms with E-state index in [0.29, 0.717) is 17.8 Å². The van der Waals surface area contributed by atoms with Crippen LogP contribution < -0.4 is 16.4 Å². The lowest BCUT2D eigenvalue weighted by molar-refractivity contribution is -0.192. The Labute approximate surface area is 228 Å². The van der Waals surface area contributed by atoms with Crippen LogP contribution in [0.1, 0.15) is 31.9 Å². The van der Waals surface area contributed by atoms with Gasteiger partial charge in [-0.05, 0) is 31.4 Å².